The first-order valence-electron chi connectivity index (χ1n) is 5.88. The van der Waals surface area contributed by atoms with Gasteiger partial charge in [0.15, 0.2) is 5.78 Å². The minimum absolute atomic E-state index is 0.0108. The molecule has 0 fully saturated rings. The predicted molar refractivity (Wildman–Crippen MR) is 69.4 cm³/mol. The van der Waals surface area contributed by atoms with Crippen LogP contribution in [0.25, 0.3) is 0 Å². The second kappa shape index (κ2) is 9.89. The minimum atomic E-state index is -2.81. The van der Waals surface area contributed by atoms with Crippen LogP contribution in [0.1, 0.15) is 49.5 Å². The first-order chi connectivity index (χ1) is 8.51. The van der Waals surface area contributed by atoms with E-state index in [-0.39, 0.29) is 12.4 Å². The Balaban J connectivity index is 0.000000631. The summed E-state index contributed by atoms with van der Waals surface area (Å²) in [4.78, 5) is 21.0. The van der Waals surface area contributed by atoms with Gasteiger partial charge >= 0.3 is 8.25 Å². The number of hydrogen-bond donors (Lipinski definition) is 0. The standard InChI is InChI=1S/C9H9O4P.C4H10/c1-7(10)9-4-2-8(3-5-9)6-13-14(11)12;1-3-4-2/h2-5H,6H2,1H3;3-4H2,1-2H3. The zero-order chi connectivity index (χ0) is 14.0. The molecule has 1 rings (SSSR count). The molecule has 0 bridgehead atoms. The molecule has 0 aromatic heterocycles. The van der Waals surface area contributed by atoms with Crippen molar-refractivity contribution in [3.63, 3.8) is 0 Å². The van der Waals surface area contributed by atoms with E-state index in [0.29, 0.717) is 11.1 Å². The summed E-state index contributed by atoms with van der Waals surface area (Å²) in [5, 5.41) is 0. The van der Waals surface area contributed by atoms with Gasteiger partial charge in [-0.15, -0.1) is 4.52 Å². The fraction of sp³-hybridized carbons (Fsp3) is 0.462. The molecular weight excluding hydrogens is 251 g/mol. The lowest BCUT2D eigenvalue weighted by atomic mass is 10.1. The lowest BCUT2D eigenvalue weighted by Crippen LogP contribution is -1.95. The zero-order valence-electron chi connectivity index (χ0n) is 11.0. The fourth-order valence-corrected chi connectivity index (χ4v) is 1.22. The maximum atomic E-state index is 10.9. The van der Waals surface area contributed by atoms with Crippen LogP contribution < -0.4 is 4.89 Å². The number of rotatable bonds is 5. The zero-order valence-corrected chi connectivity index (χ0v) is 11.9. The largest absolute Gasteiger partial charge is 0.566 e. The second-order valence-corrected chi connectivity index (χ2v) is 4.46. The molecule has 0 saturated carbocycles. The van der Waals surface area contributed by atoms with Crippen LogP contribution in [0.4, 0.5) is 0 Å². The lowest BCUT2D eigenvalue weighted by molar-refractivity contribution is -0.186. The number of ketones is 1. The topological polar surface area (TPSA) is 66.4 Å². The van der Waals surface area contributed by atoms with E-state index in [1.54, 1.807) is 24.3 Å². The summed E-state index contributed by atoms with van der Waals surface area (Å²) in [6.45, 7) is 5.84. The van der Waals surface area contributed by atoms with Crippen LogP contribution in [0.2, 0.25) is 0 Å². The van der Waals surface area contributed by atoms with E-state index in [2.05, 4.69) is 18.4 Å². The Bertz CT molecular complexity index is 371. The highest BCUT2D eigenvalue weighted by Crippen LogP contribution is 2.14. The number of Topliss-reactive ketones (excluding diaryl/α,β-unsaturated/α-hetero) is 1. The molecule has 0 aliphatic rings. The SMILES string of the molecule is CC(=O)c1ccc(CO[P+](=O)[O-])cc1.CCCC. The third-order valence-electron chi connectivity index (χ3n) is 2.20. The van der Waals surface area contributed by atoms with Crippen LogP contribution in [0.15, 0.2) is 24.3 Å². The van der Waals surface area contributed by atoms with Crippen LogP contribution in [0.3, 0.4) is 0 Å². The number of hydrogen-bond acceptors (Lipinski definition) is 4. The first kappa shape index (κ1) is 16.9. The first-order valence-corrected chi connectivity index (χ1v) is 6.98. The van der Waals surface area contributed by atoms with Gasteiger partial charge in [-0.1, -0.05) is 51.0 Å². The van der Waals surface area contributed by atoms with Crippen molar-refractivity contribution >= 4 is 14.0 Å². The summed E-state index contributed by atoms with van der Waals surface area (Å²) in [5.41, 5.74) is 1.31. The molecule has 0 saturated heterocycles. The van der Waals surface area contributed by atoms with Crippen molar-refractivity contribution in [3.8, 4) is 0 Å². The van der Waals surface area contributed by atoms with E-state index in [4.69, 9.17) is 0 Å². The molecule has 0 amide bonds. The quantitative estimate of drug-likeness (QED) is 0.608. The van der Waals surface area contributed by atoms with Crippen LogP contribution in [-0.2, 0) is 15.7 Å². The molecule has 0 aliphatic carbocycles. The molecule has 0 spiro atoms. The lowest BCUT2D eigenvalue weighted by Gasteiger charge is -1.98. The molecule has 1 aromatic rings. The van der Waals surface area contributed by atoms with Gasteiger partial charge < -0.3 is 4.89 Å². The van der Waals surface area contributed by atoms with E-state index in [0.717, 1.165) is 0 Å². The van der Waals surface area contributed by atoms with Crippen molar-refractivity contribution in [2.75, 3.05) is 0 Å². The highest BCUT2D eigenvalue weighted by molar-refractivity contribution is 7.30. The molecule has 0 heterocycles. The maximum Gasteiger partial charge on any atom is 0.488 e. The van der Waals surface area contributed by atoms with Crippen LogP contribution in [-0.4, -0.2) is 5.78 Å². The molecule has 100 valence electrons. The maximum absolute atomic E-state index is 10.9. The summed E-state index contributed by atoms with van der Waals surface area (Å²) in [7, 11) is -2.81. The Morgan fingerprint density at radius 2 is 1.72 bits per heavy atom. The van der Waals surface area contributed by atoms with Crippen molar-refractivity contribution in [1.29, 1.82) is 0 Å². The Morgan fingerprint density at radius 3 is 2.06 bits per heavy atom. The van der Waals surface area contributed by atoms with Gasteiger partial charge in [0, 0.05) is 5.56 Å². The van der Waals surface area contributed by atoms with E-state index in [1.165, 1.54) is 19.8 Å². The van der Waals surface area contributed by atoms with Gasteiger partial charge in [0.25, 0.3) is 0 Å². The van der Waals surface area contributed by atoms with Gasteiger partial charge in [-0.05, 0) is 17.1 Å². The van der Waals surface area contributed by atoms with Crippen molar-refractivity contribution in [3.05, 3.63) is 35.4 Å². The van der Waals surface area contributed by atoms with E-state index in [9.17, 15) is 14.3 Å². The van der Waals surface area contributed by atoms with Crippen molar-refractivity contribution in [2.24, 2.45) is 0 Å². The third-order valence-corrected chi connectivity index (χ3v) is 2.54. The smallest absolute Gasteiger partial charge is 0.488 e. The van der Waals surface area contributed by atoms with Gasteiger partial charge in [-0.2, -0.15) is 0 Å². The van der Waals surface area contributed by atoms with E-state index in [1.807, 2.05) is 0 Å². The van der Waals surface area contributed by atoms with Crippen molar-refractivity contribution < 1.29 is 18.8 Å². The Kier molecular flexibility index (Phi) is 9.29. The van der Waals surface area contributed by atoms with Gasteiger partial charge in [0.2, 0.25) is 0 Å². The molecule has 0 N–H and O–H groups in total. The number of carbonyl (C=O) groups excluding carboxylic acids is 1. The van der Waals surface area contributed by atoms with Crippen LogP contribution >= 0.6 is 8.25 Å². The summed E-state index contributed by atoms with van der Waals surface area (Å²) < 4.78 is 14.5. The monoisotopic (exact) mass is 270 g/mol. The second-order valence-electron chi connectivity index (χ2n) is 3.75. The average molecular weight is 270 g/mol. The van der Waals surface area contributed by atoms with Crippen molar-refractivity contribution in [1.82, 2.24) is 0 Å². The van der Waals surface area contributed by atoms with Crippen molar-refractivity contribution in [2.45, 2.75) is 40.2 Å². The van der Waals surface area contributed by atoms with Crippen LogP contribution in [0.5, 0.6) is 0 Å². The summed E-state index contributed by atoms with van der Waals surface area (Å²) in [6.07, 6.45) is 2.64. The predicted octanol–water partition coefficient (Wildman–Crippen LogP) is 3.23. The summed E-state index contributed by atoms with van der Waals surface area (Å²) in [6, 6.07) is 6.60. The number of benzene rings is 1. The molecule has 0 aliphatic heterocycles. The minimum Gasteiger partial charge on any atom is -0.566 e. The van der Waals surface area contributed by atoms with Gasteiger partial charge in [-0.3, -0.25) is 4.79 Å². The van der Waals surface area contributed by atoms with E-state index >= 15 is 0 Å². The normalized spacial score (nSPS) is 10.3. The molecule has 5 heteroatoms. The molecule has 0 radical (unpaired) electrons. The summed E-state index contributed by atoms with van der Waals surface area (Å²) >= 11 is 0. The van der Waals surface area contributed by atoms with Gasteiger partial charge in [-0.25, -0.2) is 0 Å². The molecule has 18 heavy (non-hydrogen) atoms. The Hall–Kier alpha value is -1.09. The summed E-state index contributed by atoms with van der Waals surface area (Å²) in [5.74, 6) is -0.0210. The highest BCUT2D eigenvalue weighted by Gasteiger charge is 2.03. The van der Waals surface area contributed by atoms with Gasteiger partial charge in [0.05, 0.1) is 0 Å². The van der Waals surface area contributed by atoms with Crippen LogP contribution in [0, 0.1) is 0 Å². The Morgan fingerprint density at radius 1 is 1.22 bits per heavy atom. The molecule has 1 unspecified atom stereocenters. The highest BCUT2D eigenvalue weighted by atomic mass is 31.1. The molecule has 1 atom stereocenters. The number of unbranched alkanes of at least 4 members (excludes halogenated alkanes) is 1. The molecular formula is C13H19O4P. The third kappa shape index (κ3) is 8.07. The van der Waals surface area contributed by atoms with Gasteiger partial charge in [0.1, 0.15) is 6.61 Å². The average Bonchev–Trinajstić information content (AvgIpc) is 2.37. The Labute approximate surface area is 109 Å². The molecule has 1 aromatic carbocycles. The fourth-order valence-electron chi connectivity index (χ4n) is 0.963. The molecule has 4 nitrogen and oxygen atoms in total. The number of carbonyl (C=O) groups is 1. The van der Waals surface area contributed by atoms with E-state index < -0.39 is 8.25 Å².